The van der Waals surface area contributed by atoms with E-state index in [9.17, 15) is 9.59 Å². The van der Waals surface area contributed by atoms with Gasteiger partial charge in [0.25, 0.3) is 11.1 Å². The molecular weight excluding hydrogens is 406 g/mol. The number of hydrogen-bond donors (Lipinski definition) is 0. The third-order valence-electron chi connectivity index (χ3n) is 5.54. The number of imide groups is 1. The van der Waals surface area contributed by atoms with E-state index in [2.05, 4.69) is 19.1 Å². The summed E-state index contributed by atoms with van der Waals surface area (Å²) < 4.78 is 6.19. The monoisotopic (exact) mass is 431 g/mol. The van der Waals surface area contributed by atoms with Gasteiger partial charge in [0.05, 0.1) is 4.91 Å². The van der Waals surface area contributed by atoms with E-state index in [1.807, 2.05) is 62.4 Å². The normalized spacial score (nSPS) is 16.4. The van der Waals surface area contributed by atoms with Gasteiger partial charge in [-0.05, 0) is 60.5 Å². The third-order valence-corrected chi connectivity index (χ3v) is 6.42. The second-order valence-electron chi connectivity index (χ2n) is 7.79. The summed E-state index contributed by atoms with van der Waals surface area (Å²) in [6.45, 7) is 6.35. The van der Waals surface area contributed by atoms with Gasteiger partial charge in [-0.15, -0.1) is 0 Å². The number of ether oxygens (including phenoxy) is 1. The van der Waals surface area contributed by atoms with Crippen molar-refractivity contribution in [2.24, 2.45) is 0 Å². The molecule has 0 saturated carbocycles. The van der Waals surface area contributed by atoms with E-state index in [-0.39, 0.29) is 17.2 Å². The molecule has 1 aliphatic rings. The average molecular weight is 432 g/mol. The molecule has 1 aliphatic heterocycles. The van der Waals surface area contributed by atoms with Crippen molar-refractivity contribution in [3.8, 4) is 5.75 Å². The highest BCUT2D eigenvalue weighted by molar-refractivity contribution is 8.18. The maximum Gasteiger partial charge on any atom is 0.293 e. The summed E-state index contributed by atoms with van der Waals surface area (Å²) in [5.41, 5.74) is 3.08. The Hall–Kier alpha value is -3.05. The molecule has 0 radical (unpaired) electrons. The number of carbonyl (C=O) groups excluding carboxylic acids is 2. The minimum Gasteiger partial charge on any atom is -0.488 e. The first-order chi connectivity index (χ1) is 15.0. The molecule has 0 N–H and O–H groups in total. The van der Waals surface area contributed by atoms with Crippen LogP contribution in [0.5, 0.6) is 5.75 Å². The van der Waals surface area contributed by atoms with Gasteiger partial charge in [0, 0.05) is 11.6 Å². The number of carbonyl (C=O) groups is 2. The maximum atomic E-state index is 13.0. The Morgan fingerprint density at radius 1 is 1.06 bits per heavy atom. The van der Waals surface area contributed by atoms with Crippen molar-refractivity contribution in [1.29, 1.82) is 0 Å². The molecule has 4 nitrogen and oxygen atoms in total. The van der Waals surface area contributed by atoms with Crippen LogP contribution in [-0.2, 0) is 11.4 Å². The van der Waals surface area contributed by atoms with Crippen molar-refractivity contribution in [1.82, 2.24) is 4.90 Å². The van der Waals surface area contributed by atoms with Crippen LogP contribution in [0, 0.1) is 6.92 Å². The Balaban J connectivity index is 1.73. The SMILES string of the molecule is CC[C@@H](C)N1C(=O)S/C(=C/c2c(OCc3cccc(C)c3)ccc3ccccc23)C1=O. The van der Waals surface area contributed by atoms with Crippen LogP contribution in [-0.4, -0.2) is 22.1 Å². The lowest BCUT2D eigenvalue weighted by atomic mass is 10.0. The summed E-state index contributed by atoms with van der Waals surface area (Å²) in [5.74, 6) is 0.456. The van der Waals surface area contributed by atoms with Gasteiger partial charge in [0.2, 0.25) is 0 Å². The zero-order chi connectivity index (χ0) is 22.0. The van der Waals surface area contributed by atoms with Gasteiger partial charge in [0.1, 0.15) is 12.4 Å². The minimum atomic E-state index is -0.234. The number of aryl methyl sites for hydroxylation is 1. The quantitative estimate of drug-likeness (QED) is 0.415. The van der Waals surface area contributed by atoms with Crippen molar-refractivity contribution in [3.05, 3.63) is 82.3 Å². The molecular formula is C26H25NO3S. The number of amides is 2. The van der Waals surface area contributed by atoms with Crippen molar-refractivity contribution in [3.63, 3.8) is 0 Å². The summed E-state index contributed by atoms with van der Waals surface area (Å²) >= 11 is 0.997. The second kappa shape index (κ2) is 8.98. The number of hydrogen-bond acceptors (Lipinski definition) is 4. The second-order valence-corrected chi connectivity index (χ2v) is 8.78. The van der Waals surface area contributed by atoms with Gasteiger partial charge >= 0.3 is 0 Å². The zero-order valence-corrected chi connectivity index (χ0v) is 18.7. The van der Waals surface area contributed by atoms with Crippen LogP contribution < -0.4 is 4.74 Å². The predicted octanol–water partition coefficient (Wildman–Crippen LogP) is 6.56. The van der Waals surface area contributed by atoms with Gasteiger partial charge in [-0.2, -0.15) is 0 Å². The van der Waals surface area contributed by atoms with Gasteiger partial charge in [-0.1, -0.05) is 67.1 Å². The van der Waals surface area contributed by atoms with E-state index in [1.165, 1.54) is 10.5 Å². The number of rotatable bonds is 6. The third kappa shape index (κ3) is 4.37. The van der Waals surface area contributed by atoms with E-state index >= 15 is 0 Å². The number of benzene rings is 3. The molecule has 2 amide bonds. The van der Waals surface area contributed by atoms with Crippen LogP contribution in [0.15, 0.2) is 65.6 Å². The van der Waals surface area contributed by atoms with Gasteiger partial charge in [-0.3, -0.25) is 14.5 Å². The molecule has 3 aromatic rings. The van der Waals surface area contributed by atoms with E-state index in [1.54, 1.807) is 6.08 Å². The zero-order valence-electron chi connectivity index (χ0n) is 17.9. The fraction of sp³-hybridized carbons (Fsp3) is 0.231. The largest absolute Gasteiger partial charge is 0.488 e. The molecule has 0 bridgehead atoms. The highest BCUT2D eigenvalue weighted by Crippen LogP contribution is 2.38. The van der Waals surface area contributed by atoms with E-state index < -0.39 is 0 Å². The first-order valence-corrected chi connectivity index (χ1v) is 11.3. The Morgan fingerprint density at radius 3 is 2.65 bits per heavy atom. The molecule has 158 valence electrons. The Bertz CT molecular complexity index is 1180. The topological polar surface area (TPSA) is 46.6 Å². The van der Waals surface area contributed by atoms with Crippen LogP contribution >= 0.6 is 11.8 Å². The number of thioether (sulfide) groups is 1. The highest BCUT2D eigenvalue weighted by Gasteiger charge is 2.37. The van der Waals surface area contributed by atoms with Crippen molar-refractivity contribution < 1.29 is 14.3 Å². The molecule has 4 rings (SSSR count). The molecule has 1 heterocycles. The molecule has 0 aliphatic carbocycles. The summed E-state index contributed by atoms with van der Waals surface area (Å²) in [7, 11) is 0. The summed E-state index contributed by atoms with van der Waals surface area (Å²) in [6, 6.07) is 20.0. The molecule has 0 unspecified atom stereocenters. The molecule has 1 atom stereocenters. The minimum absolute atomic E-state index is 0.122. The smallest absolute Gasteiger partial charge is 0.293 e. The summed E-state index contributed by atoms with van der Waals surface area (Å²) in [5, 5.41) is 1.82. The van der Waals surface area contributed by atoms with Gasteiger partial charge in [-0.25, -0.2) is 0 Å². The van der Waals surface area contributed by atoms with Crippen LogP contribution in [0.4, 0.5) is 4.79 Å². The molecule has 0 aromatic heterocycles. The molecule has 1 fully saturated rings. The fourth-order valence-electron chi connectivity index (χ4n) is 3.69. The average Bonchev–Trinajstić information content (AvgIpc) is 3.05. The Morgan fingerprint density at radius 2 is 1.87 bits per heavy atom. The number of fused-ring (bicyclic) bond motifs is 1. The summed E-state index contributed by atoms with van der Waals surface area (Å²) in [6.07, 6.45) is 2.53. The highest BCUT2D eigenvalue weighted by atomic mass is 32.2. The predicted molar refractivity (Wildman–Crippen MR) is 127 cm³/mol. The number of nitrogens with zero attached hydrogens (tertiary/aromatic N) is 1. The van der Waals surface area contributed by atoms with E-state index in [0.717, 1.165) is 40.1 Å². The Kier molecular flexibility index (Phi) is 6.14. The van der Waals surface area contributed by atoms with Crippen LogP contribution in [0.3, 0.4) is 0 Å². The molecule has 3 aromatic carbocycles. The van der Waals surface area contributed by atoms with Crippen LogP contribution in [0.1, 0.15) is 37.0 Å². The molecule has 0 spiro atoms. The maximum absolute atomic E-state index is 13.0. The van der Waals surface area contributed by atoms with Gasteiger partial charge in [0.15, 0.2) is 0 Å². The van der Waals surface area contributed by atoms with Crippen molar-refractivity contribution in [2.45, 2.75) is 39.8 Å². The molecule has 31 heavy (non-hydrogen) atoms. The van der Waals surface area contributed by atoms with Crippen molar-refractivity contribution in [2.75, 3.05) is 0 Å². The first kappa shape index (κ1) is 21.2. The van der Waals surface area contributed by atoms with E-state index in [0.29, 0.717) is 17.3 Å². The Labute approximate surface area is 186 Å². The lowest BCUT2D eigenvalue weighted by Gasteiger charge is -2.19. The lowest BCUT2D eigenvalue weighted by Crippen LogP contribution is -2.36. The molecule has 1 saturated heterocycles. The fourth-order valence-corrected chi connectivity index (χ4v) is 4.60. The van der Waals surface area contributed by atoms with Gasteiger partial charge < -0.3 is 4.74 Å². The van der Waals surface area contributed by atoms with Crippen LogP contribution in [0.25, 0.3) is 16.8 Å². The summed E-state index contributed by atoms with van der Waals surface area (Å²) in [4.78, 5) is 27.2. The van der Waals surface area contributed by atoms with Crippen LogP contribution in [0.2, 0.25) is 0 Å². The standard InChI is InChI=1S/C26H25NO3S/c1-4-18(3)27-25(28)24(31-26(27)29)15-22-21-11-6-5-10-20(21)12-13-23(22)30-16-19-9-7-8-17(2)14-19/h5-15,18H,4,16H2,1-3H3/b24-15+/t18-/m1/s1. The van der Waals surface area contributed by atoms with E-state index in [4.69, 9.17) is 4.74 Å². The molecule has 5 heteroatoms. The lowest BCUT2D eigenvalue weighted by molar-refractivity contribution is -0.124. The van der Waals surface area contributed by atoms with Crippen molar-refractivity contribution >= 4 is 39.8 Å². The first-order valence-electron chi connectivity index (χ1n) is 10.4.